The number of fused-ring (bicyclic) bond motifs is 1. The molecule has 1 aliphatic carbocycles. The van der Waals surface area contributed by atoms with Crippen LogP contribution in [0.4, 0.5) is 5.13 Å². The molecule has 0 aliphatic heterocycles. The monoisotopic (exact) mass is 347 g/mol. The third kappa shape index (κ3) is 5.01. The molecular formula is C14H22ClN3O3S. The highest BCUT2D eigenvalue weighted by atomic mass is 35.5. The number of nitrogens with one attached hydrogen (secondary N) is 2. The molecule has 0 radical (unpaired) electrons. The molecule has 0 spiro atoms. The van der Waals surface area contributed by atoms with Crippen LogP contribution < -0.4 is 10.6 Å². The predicted molar refractivity (Wildman–Crippen MR) is 89.2 cm³/mol. The van der Waals surface area contributed by atoms with Crippen molar-refractivity contribution < 1.29 is 14.3 Å². The largest absolute Gasteiger partial charge is 0.383 e. The fourth-order valence-corrected chi connectivity index (χ4v) is 3.25. The number of ketones is 1. The van der Waals surface area contributed by atoms with Gasteiger partial charge in [0.1, 0.15) is 0 Å². The van der Waals surface area contributed by atoms with E-state index >= 15 is 0 Å². The molecule has 0 saturated heterocycles. The summed E-state index contributed by atoms with van der Waals surface area (Å²) in [6, 6.07) is 0. The number of hydrogen-bond acceptors (Lipinski definition) is 6. The highest BCUT2D eigenvalue weighted by Gasteiger charge is 2.34. The number of rotatable bonds is 6. The highest BCUT2D eigenvalue weighted by Crippen LogP contribution is 2.38. The van der Waals surface area contributed by atoms with Crippen molar-refractivity contribution in [3.8, 4) is 0 Å². The van der Waals surface area contributed by atoms with Crippen LogP contribution in [0.3, 0.4) is 0 Å². The first kappa shape index (κ1) is 19.0. The van der Waals surface area contributed by atoms with E-state index in [2.05, 4.69) is 29.5 Å². The minimum Gasteiger partial charge on any atom is -0.383 e. The number of ether oxygens (including phenoxy) is 1. The zero-order valence-electron chi connectivity index (χ0n) is 13.0. The smallest absolute Gasteiger partial charge is 0.240 e. The number of amides is 1. The molecule has 2 rings (SSSR count). The number of methoxy groups -OCH3 is 1. The minimum atomic E-state index is -0.163. The van der Waals surface area contributed by atoms with Gasteiger partial charge in [-0.3, -0.25) is 9.59 Å². The van der Waals surface area contributed by atoms with Gasteiger partial charge in [-0.15, -0.1) is 12.4 Å². The number of carbonyl (C=O) groups excluding carboxylic acids is 2. The van der Waals surface area contributed by atoms with E-state index < -0.39 is 0 Å². The number of carbonyl (C=O) groups is 2. The summed E-state index contributed by atoms with van der Waals surface area (Å²) in [4.78, 5) is 28.9. The molecule has 22 heavy (non-hydrogen) atoms. The van der Waals surface area contributed by atoms with Crippen LogP contribution in [-0.4, -0.2) is 43.5 Å². The summed E-state index contributed by atoms with van der Waals surface area (Å²) >= 11 is 1.27. The van der Waals surface area contributed by atoms with E-state index in [4.69, 9.17) is 4.74 Å². The number of Topliss-reactive ketones (excluding diaryl/α,β-unsaturated/α-hetero) is 1. The van der Waals surface area contributed by atoms with Crippen LogP contribution in [-0.2, 0) is 16.0 Å². The Balaban J connectivity index is 0.00000242. The first-order valence-corrected chi connectivity index (χ1v) is 7.75. The molecule has 1 aromatic heterocycles. The van der Waals surface area contributed by atoms with Crippen molar-refractivity contribution in [2.45, 2.75) is 26.7 Å². The molecular weight excluding hydrogens is 326 g/mol. The van der Waals surface area contributed by atoms with Crippen molar-refractivity contribution in [3.05, 3.63) is 10.6 Å². The maximum absolute atomic E-state index is 12.1. The molecule has 124 valence electrons. The third-order valence-corrected chi connectivity index (χ3v) is 4.30. The molecule has 1 heterocycles. The Morgan fingerprint density at radius 1 is 1.41 bits per heavy atom. The molecule has 1 amide bonds. The Morgan fingerprint density at radius 2 is 2.14 bits per heavy atom. The van der Waals surface area contributed by atoms with Gasteiger partial charge >= 0.3 is 0 Å². The number of anilines is 1. The van der Waals surface area contributed by atoms with Crippen molar-refractivity contribution in [3.63, 3.8) is 0 Å². The van der Waals surface area contributed by atoms with Gasteiger partial charge < -0.3 is 15.4 Å². The molecule has 0 bridgehead atoms. The fourth-order valence-electron chi connectivity index (χ4n) is 2.31. The summed E-state index contributed by atoms with van der Waals surface area (Å²) in [7, 11) is 1.61. The van der Waals surface area contributed by atoms with Gasteiger partial charge in [0.15, 0.2) is 10.9 Å². The lowest BCUT2D eigenvalue weighted by molar-refractivity contribution is -0.115. The SMILES string of the molecule is COCCNCC(=O)Nc1nc2c(s1)C(=O)CC(C)(C)C2.Cl. The van der Waals surface area contributed by atoms with Crippen LogP contribution in [0.1, 0.15) is 35.6 Å². The van der Waals surface area contributed by atoms with Crippen LogP contribution in [0.25, 0.3) is 0 Å². The molecule has 0 aromatic carbocycles. The first-order valence-electron chi connectivity index (χ1n) is 6.94. The van der Waals surface area contributed by atoms with Crippen molar-refractivity contribution >= 4 is 40.6 Å². The number of nitrogens with zero attached hydrogens (tertiary/aromatic N) is 1. The van der Waals surface area contributed by atoms with Crippen molar-refractivity contribution in [2.24, 2.45) is 5.41 Å². The average Bonchev–Trinajstić information content (AvgIpc) is 2.75. The molecule has 8 heteroatoms. The van der Waals surface area contributed by atoms with Crippen LogP contribution >= 0.6 is 23.7 Å². The van der Waals surface area contributed by atoms with Gasteiger partial charge in [0.2, 0.25) is 5.91 Å². The normalized spacial score (nSPS) is 15.9. The van der Waals surface area contributed by atoms with Crippen LogP contribution in [0.5, 0.6) is 0 Å². The first-order chi connectivity index (χ1) is 9.91. The van der Waals surface area contributed by atoms with E-state index in [1.54, 1.807) is 7.11 Å². The molecule has 1 aromatic rings. The molecule has 0 unspecified atom stereocenters. The lowest BCUT2D eigenvalue weighted by Crippen LogP contribution is -2.30. The Labute approximate surface area is 140 Å². The standard InChI is InChI=1S/C14H21N3O3S.ClH/c1-14(2)6-9-12(10(18)7-14)21-13(16-9)17-11(19)8-15-4-5-20-3;/h15H,4-8H2,1-3H3,(H,16,17,19);1H. The zero-order valence-corrected chi connectivity index (χ0v) is 14.7. The summed E-state index contributed by atoms with van der Waals surface area (Å²) in [5, 5.41) is 6.20. The maximum atomic E-state index is 12.1. The number of hydrogen-bond donors (Lipinski definition) is 2. The van der Waals surface area contributed by atoms with Crippen LogP contribution in [0, 0.1) is 5.41 Å². The number of thiazole rings is 1. The highest BCUT2D eigenvalue weighted by molar-refractivity contribution is 7.17. The van der Waals surface area contributed by atoms with E-state index in [-0.39, 0.29) is 36.1 Å². The molecule has 0 saturated carbocycles. The fraction of sp³-hybridized carbons (Fsp3) is 0.643. The Hall–Kier alpha value is -1.02. The molecule has 0 atom stereocenters. The topological polar surface area (TPSA) is 80.3 Å². The van der Waals surface area contributed by atoms with Gasteiger partial charge in [0.05, 0.1) is 23.7 Å². The second-order valence-corrected chi connectivity index (χ2v) is 6.95. The van der Waals surface area contributed by atoms with Gasteiger partial charge in [-0.2, -0.15) is 0 Å². The number of halogens is 1. The van der Waals surface area contributed by atoms with Crippen LogP contribution in [0.15, 0.2) is 0 Å². The predicted octanol–water partition coefficient (Wildman–Crippen LogP) is 1.89. The van der Waals surface area contributed by atoms with Crippen molar-refractivity contribution in [2.75, 3.05) is 32.1 Å². The van der Waals surface area contributed by atoms with Gasteiger partial charge in [0, 0.05) is 20.1 Å². The number of aromatic nitrogens is 1. The van der Waals surface area contributed by atoms with Gasteiger partial charge in [-0.05, 0) is 11.8 Å². The second-order valence-electron chi connectivity index (χ2n) is 5.95. The van der Waals surface area contributed by atoms with E-state index in [0.29, 0.717) is 29.6 Å². The summed E-state index contributed by atoms with van der Waals surface area (Å²) in [5.41, 5.74) is 0.755. The molecule has 6 nitrogen and oxygen atoms in total. The quantitative estimate of drug-likeness (QED) is 0.768. The van der Waals surface area contributed by atoms with E-state index in [0.717, 1.165) is 12.1 Å². The van der Waals surface area contributed by atoms with Crippen molar-refractivity contribution in [1.82, 2.24) is 10.3 Å². The Bertz CT molecular complexity index is 545. The lowest BCUT2D eigenvalue weighted by atomic mass is 9.78. The maximum Gasteiger partial charge on any atom is 0.240 e. The zero-order chi connectivity index (χ0) is 15.5. The third-order valence-electron chi connectivity index (χ3n) is 3.25. The van der Waals surface area contributed by atoms with Gasteiger partial charge in [0.25, 0.3) is 0 Å². The van der Waals surface area contributed by atoms with Crippen molar-refractivity contribution in [1.29, 1.82) is 0 Å². The van der Waals surface area contributed by atoms with E-state index in [1.807, 2.05) is 0 Å². The Morgan fingerprint density at radius 3 is 2.82 bits per heavy atom. The van der Waals surface area contributed by atoms with E-state index in [9.17, 15) is 9.59 Å². The minimum absolute atomic E-state index is 0. The van der Waals surface area contributed by atoms with Crippen LogP contribution in [0.2, 0.25) is 0 Å². The lowest BCUT2D eigenvalue weighted by Gasteiger charge is -2.26. The molecule has 0 fully saturated rings. The van der Waals surface area contributed by atoms with Gasteiger partial charge in [-0.1, -0.05) is 25.2 Å². The molecule has 2 N–H and O–H groups in total. The summed E-state index contributed by atoms with van der Waals surface area (Å²) in [6.45, 7) is 5.50. The summed E-state index contributed by atoms with van der Waals surface area (Å²) in [6.07, 6.45) is 1.31. The van der Waals surface area contributed by atoms with E-state index in [1.165, 1.54) is 11.3 Å². The summed E-state index contributed by atoms with van der Waals surface area (Å²) in [5.74, 6) is -0.0404. The molecule has 1 aliphatic rings. The van der Waals surface area contributed by atoms with Gasteiger partial charge in [-0.25, -0.2) is 4.98 Å². The second kappa shape index (κ2) is 8.01. The Kier molecular flexibility index (Phi) is 6.93. The summed E-state index contributed by atoms with van der Waals surface area (Å²) < 4.78 is 4.89. The average molecular weight is 348 g/mol.